The molecule has 0 aliphatic heterocycles. The first-order valence-electron chi connectivity index (χ1n) is 8.58. The monoisotopic (exact) mass is 332 g/mol. The lowest BCUT2D eigenvalue weighted by atomic mass is 10.1. The third kappa shape index (κ3) is 2.48. The van der Waals surface area contributed by atoms with Gasteiger partial charge in [0.25, 0.3) is 5.56 Å². The molecule has 5 heteroatoms. The lowest BCUT2D eigenvalue weighted by Gasteiger charge is -2.25. The second kappa shape index (κ2) is 6.09. The first-order valence-corrected chi connectivity index (χ1v) is 8.58. The lowest BCUT2D eigenvalue weighted by Crippen LogP contribution is -2.26. The molecule has 2 N–H and O–H groups in total. The Morgan fingerprint density at radius 3 is 2.32 bits per heavy atom. The van der Waals surface area contributed by atoms with Crippen molar-refractivity contribution in [3.63, 3.8) is 0 Å². The number of aromatic nitrogens is 3. The maximum absolute atomic E-state index is 12.9. The van der Waals surface area contributed by atoms with E-state index in [1.54, 1.807) is 0 Å². The van der Waals surface area contributed by atoms with Crippen LogP contribution in [0.25, 0.3) is 33.3 Å². The van der Waals surface area contributed by atoms with Crippen LogP contribution in [0.15, 0.2) is 53.3 Å². The second-order valence-corrected chi connectivity index (χ2v) is 6.00. The van der Waals surface area contributed by atoms with Crippen LogP contribution in [0.3, 0.4) is 0 Å². The average Bonchev–Trinajstić information content (AvgIpc) is 3.06. The van der Waals surface area contributed by atoms with Crippen molar-refractivity contribution in [2.24, 2.45) is 0 Å². The number of imidazole rings is 1. The Kier molecular flexibility index (Phi) is 3.76. The van der Waals surface area contributed by atoms with Crippen LogP contribution in [-0.4, -0.2) is 28.0 Å². The highest BCUT2D eigenvalue weighted by molar-refractivity contribution is 5.99. The summed E-state index contributed by atoms with van der Waals surface area (Å²) in [5, 5.41) is 1.03. The molecular formula is C20H20N4O. The second-order valence-electron chi connectivity index (χ2n) is 6.00. The van der Waals surface area contributed by atoms with E-state index in [-0.39, 0.29) is 5.56 Å². The number of hydrogen-bond donors (Lipinski definition) is 2. The number of anilines is 1. The van der Waals surface area contributed by atoms with Gasteiger partial charge in [0, 0.05) is 18.5 Å². The van der Waals surface area contributed by atoms with Gasteiger partial charge in [0.1, 0.15) is 11.4 Å². The largest absolute Gasteiger partial charge is 0.371 e. The van der Waals surface area contributed by atoms with Crippen molar-refractivity contribution in [2.45, 2.75) is 13.8 Å². The summed E-state index contributed by atoms with van der Waals surface area (Å²) in [5.74, 6) is 0.607. The van der Waals surface area contributed by atoms with Crippen LogP contribution in [-0.2, 0) is 0 Å². The fraction of sp³-hybridized carbons (Fsp3) is 0.200. The number of fused-ring (bicyclic) bond motifs is 2. The van der Waals surface area contributed by atoms with Crippen LogP contribution in [0.2, 0.25) is 0 Å². The fourth-order valence-electron chi connectivity index (χ4n) is 3.38. The van der Waals surface area contributed by atoms with Gasteiger partial charge in [0.15, 0.2) is 0 Å². The summed E-state index contributed by atoms with van der Waals surface area (Å²) in [4.78, 5) is 26.1. The Balaban J connectivity index is 2.10. The first kappa shape index (κ1) is 15.4. The van der Waals surface area contributed by atoms with E-state index in [2.05, 4.69) is 33.7 Å². The Hall–Kier alpha value is -3.08. The van der Waals surface area contributed by atoms with Crippen molar-refractivity contribution in [3.8, 4) is 11.4 Å². The van der Waals surface area contributed by atoms with E-state index in [0.717, 1.165) is 40.7 Å². The zero-order valence-corrected chi connectivity index (χ0v) is 14.3. The van der Waals surface area contributed by atoms with Crippen LogP contribution < -0.4 is 10.5 Å². The van der Waals surface area contributed by atoms with Gasteiger partial charge in [0.2, 0.25) is 0 Å². The molecule has 0 bridgehead atoms. The molecule has 0 aliphatic rings. The van der Waals surface area contributed by atoms with Crippen molar-refractivity contribution in [1.82, 2.24) is 15.0 Å². The van der Waals surface area contributed by atoms with Crippen LogP contribution >= 0.6 is 0 Å². The van der Waals surface area contributed by atoms with E-state index < -0.39 is 0 Å². The molecule has 2 heterocycles. The molecule has 5 nitrogen and oxygen atoms in total. The van der Waals surface area contributed by atoms with Gasteiger partial charge in [-0.25, -0.2) is 4.98 Å². The molecule has 0 atom stereocenters. The van der Waals surface area contributed by atoms with Crippen molar-refractivity contribution < 1.29 is 0 Å². The Morgan fingerprint density at radius 1 is 0.920 bits per heavy atom. The molecule has 0 aliphatic carbocycles. The van der Waals surface area contributed by atoms with Crippen molar-refractivity contribution in [1.29, 1.82) is 0 Å². The van der Waals surface area contributed by atoms with E-state index in [1.807, 2.05) is 48.5 Å². The van der Waals surface area contributed by atoms with Crippen LogP contribution in [0, 0.1) is 0 Å². The molecule has 0 radical (unpaired) electrons. The SMILES string of the molecule is CCN(CC)c1c(-c2nc3ccccc3[nH]2)c(=O)[nH]c2ccccc12. The number of benzene rings is 2. The van der Waals surface area contributed by atoms with Crippen molar-refractivity contribution >= 4 is 27.6 Å². The van der Waals surface area contributed by atoms with E-state index in [4.69, 9.17) is 0 Å². The summed E-state index contributed by atoms with van der Waals surface area (Å²) in [6, 6.07) is 15.7. The van der Waals surface area contributed by atoms with E-state index in [1.165, 1.54) is 0 Å². The van der Waals surface area contributed by atoms with Gasteiger partial charge in [-0.3, -0.25) is 4.79 Å². The number of nitrogens with one attached hydrogen (secondary N) is 2. The van der Waals surface area contributed by atoms with Crippen LogP contribution in [0.1, 0.15) is 13.8 Å². The average molecular weight is 332 g/mol. The maximum atomic E-state index is 12.9. The molecule has 4 aromatic rings. The molecule has 4 rings (SSSR count). The third-order valence-corrected chi connectivity index (χ3v) is 4.60. The minimum absolute atomic E-state index is 0.125. The standard InChI is InChI=1S/C20H20N4O/c1-3-24(4-2)18-13-9-5-6-10-14(13)23-20(25)17(18)19-21-15-11-7-8-12-16(15)22-19/h5-12H,3-4H2,1-2H3,(H,21,22)(H,23,25). The maximum Gasteiger partial charge on any atom is 0.261 e. The van der Waals surface area contributed by atoms with E-state index >= 15 is 0 Å². The molecule has 0 fully saturated rings. The van der Waals surface area contributed by atoms with Gasteiger partial charge < -0.3 is 14.9 Å². The predicted molar refractivity (Wildman–Crippen MR) is 103 cm³/mol. The Labute approximate surface area is 145 Å². The van der Waals surface area contributed by atoms with Gasteiger partial charge in [-0.15, -0.1) is 0 Å². The van der Waals surface area contributed by atoms with Gasteiger partial charge in [-0.05, 0) is 32.0 Å². The molecule has 0 amide bonds. The molecule has 0 unspecified atom stereocenters. The number of rotatable bonds is 4. The third-order valence-electron chi connectivity index (χ3n) is 4.60. The zero-order chi connectivity index (χ0) is 17.4. The van der Waals surface area contributed by atoms with E-state index in [0.29, 0.717) is 11.4 Å². The minimum atomic E-state index is -0.125. The molecule has 0 spiro atoms. The number of aromatic amines is 2. The number of hydrogen-bond acceptors (Lipinski definition) is 3. The quantitative estimate of drug-likeness (QED) is 0.595. The van der Waals surface area contributed by atoms with Gasteiger partial charge in [-0.2, -0.15) is 0 Å². The number of para-hydroxylation sites is 3. The fourth-order valence-corrected chi connectivity index (χ4v) is 3.38. The topological polar surface area (TPSA) is 64.8 Å². The van der Waals surface area contributed by atoms with Crippen molar-refractivity contribution in [3.05, 3.63) is 58.9 Å². The predicted octanol–water partition coefficient (Wildman–Crippen LogP) is 3.92. The van der Waals surface area contributed by atoms with Crippen LogP contribution in [0.4, 0.5) is 5.69 Å². The Morgan fingerprint density at radius 2 is 1.60 bits per heavy atom. The highest BCUT2D eigenvalue weighted by Gasteiger charge is 2.20. The smallest absolute Gasteiger partial charge is 0.261 e. The normalized spacial score (nSPS) is 11.3. The Bertz CT molecular complexity index is 1070. The number of nitrogens with zero attached hydrogens (tertiary/aromatic N) is 2. The van der Waals surface area contributed by atoms with Crippen LogP contribution in [0.5, 0.6) is 0 Å². The highest BCUT2D eigenvalue weighted by Crippen LogP contribution is 2.33. The van der Waals surface area contributed by atoms with E-state index in [9.17, 15) is 4.79 Å². The molecule has 0 saturated carbocycles. The summed E-state index contributed by atoms with van der Waals surface area (Å²) in [6.45, 7) is 5.83. The molecule has 2 aromatic heterocycles. The summed E-state index contributed by atoms with van der Waals surface area (Å²) in [6.07, 6.45) is 0. The number of H-pyrrole nitrogens is 2. The summed E-state index contributed by atoms with van der Waals surface area (Å²) < 4.78 is 0. The van der Waals surface area contributed by atoms with Crippen molar-refractivity contribution in [2.75, 3.05) is 18.0 Å². The first-order chi connectivity index (χ1) is 12.2. The zero-order valence-electron chi connectivity index (χ0n) is 14.3. The highest BCUT2D eigenvalue weighted by atomic mass is 16.1. The summed E-state index contributed by atoms with van der Waals surface area (Å²) in [5.41, 5.74) is 4.03. The number of pyridine rings is 1. The summed E-state index contributed by atoms with van der Waals surface area (Å²) in [7, 11) is 0. The molecule has 126 valence electrons. The van der Waals surface area contributed by atoms with Gasteiger partial charge in [-0.1, -0.05) is 30.3 Å². The minimum Gasteiger partial charge on any atom is -0.371 e. The van der Waals surface area contributed by atoms with Gasteiger partial charge in [0.05, 0.1) is 22.2 Å². The molecule has 2 aromatic carbocycles. The van der Waals surface area contributed by atoms with Gasteiger partial charge >= 0.3 is 0 Å². The molecule has 0 saturated heterocycles. The summed E-state index contributed by atoms with van der Waals surface area (Å²) >= 11 is 0. The lowest BCUT2D eigenvalue weighted by molar-refractivity contribution is 0.869. The molecular weight excluding hydrogens is 312 g/mol. The molecule has 25 heavy (non-hydrogen) atoms.